The summed E-state index contributed by atoms with van der Waals surface area (Å²) in [6.07, 6.45) is 2.47. The Hall–Kier alpha value is -0.980. The van der Waals surface area contributed by atoms with Gasteiger partial charge in [0.05, 0.1) is 0 Å². The molecule has 1 aromatic carbocycles. The Balaban J connectivity index is 2.49. The average molecular weight is 205 g/mol. The fraction of sp³-hybridized carbons (Fsp3) is 0.571. The van der Waals surface area contributed by atoms with Crippen LogP contribution in [-0.2, 0) is 6.42 Å². The number of nitrogens with one attached hydrogen (secondary N) is 1. The van der Waals surface area contributed by atoms with Crippen molar-refractivity contribution in [3.8, 4) is 0 Å². The molecule has 1 aromatic rings. The first-order valence-electron chi connectivity index (χ1n) is 5.93. The SMILES string of the molecule is CC(C)CCc1ccc(NC(C)C)cc1. The molecular formula is C14H23N. The molecule has 0 heterocycles. The number of aryl methyl sites for hydroxylation is 1. The van der Waals surface area contributed by atoms with Crippen LogP contribution in [0.1, 0.15) is 39.7 Å². The van der Waals surface area contributed by atoms with Crippen molar-refractivity contribution in [2.24, 2.45) is 5.92 Å². The highest BCUT2D eigenvalue weighted by atomic mass is 14.9. The van der Waals surface area contributed by atoms with E-state index in [-0.39, 0.29) is 0 Å². The standard InChI is InChI=1S/C14H23N/c1-11(2)5-6-13-7-9-14(10-8-13)15-12(3)4/h7-12,15H,5-6H2,1-4H3. The third-order valence-electron chi connectivity index (χ3n) is 2.42. The number of hydrogen-bond acceptors (Lipinski definition) is 1. The van der Waals surface area contributed by atoms with Crippen molar-refractivity contribution in [1.29, 1.82) is 0 Å². The summed E-state index contributed by atoms with van der Waals surface area (Å²) in [5, 5.41) is 3.40. The molecule has 0 saturated heterocycles. The Bertz CT molecular complexity index is 272. The van der Waals surface area contributed by atoms with Crippen LogP contribution in [0.25, 0.3) is 0 Å². The molecule has 1 rings (SSSR count). The normalized spacial score (nSPS) is 11.1. The van der Waals surface area contributed by atoms with Gasteiger partial charge in [0.2, 0.25) is 0 Å². The highest BCUT2D eigenvalue weighted by molar-refractivity contribution is 5.45. The molecule has 0 aliphatic carbocycles. The molecule has 1 nitrogen and oxygen atoms in total. The zero-order valence-corrected chi connectivity index (χ0v) is 10.4. The minimum absolute atomic E-state index is 0.506. The fourth-order valence-corrected chi connectivity index (χ4v) is 1.56. The second-order valence-corrected chi connectivity index (χ2v) is 4.93. The van der Waals surface area contributed by atoms with Gasteiger partial charge in [-0.25, -0.2) is 0 Å². The van der Waals surface area contributed by atoms with Gasteiger partial charge in [0, 0.05) is 11.7 Å². The maximum absolute atomic E-state index is 3.40. The molecule has 0 aromatic heterocycles. The minimum atomic E-state index is 0.506. The van der Waals surface area contributed by atoms with Crippen LogP contribution in [0.15, 0.2) is 24.3 Å². The molecule has 0 aliphatic heterocycles. The molecule has 0 spiro atoms. The van der Waals surface area contributed by atoms with E-state index in [1.807, 2.05) is 0 Å². The third kappa shape index (κ3) is 4.87. The van der Waals surface area contributed by atoms with Gasteiger partial charge in [-0.15, -0.1) is 0 Å². The van der Waals surface area contributed by atoms with E-state index in [1.54, 1.807) is 0 Å². The molecule has 15 heavy (non-hydrogen) atoms. The molecular weight excluding hydrogens is 182 g/mol. The quantitative estimate of drug-likeness (QED) is 0.763. The van der Waals surface area contributed by atoms with Crippen LogP contribution in [0, 0.1) is 5.92 Å². The van der Waals surface area contributed by atoms with E-state index in [1.165, 1.54) is 24.1 Å². The lowest BCUT2D eigenvalue weighted by atomic mass is 10.0. The van der Waals surface area contributed by atoms with Crippen molar-refractivity contribution in [3.63, 3.8) is 0 Å². The minimum Gasteiger partial charge on any atom is -0.383 e. The second kappa shape index (κ2) is 5.79. The highest BCUT2D eigenvalue weighted by Crippen LogP contribution is 2.13. The summed E-state index contributed by atoms with van der Waals surface area (Å²) in [4.78, 5) is 0. The Labute approximate surface area is 93.9 Å². The summed E-state index contributed by atoms with van der Waals surface area (Å²) in [7, 11) is 0. The van der Waals surface area contributed by atoms with Crippen molar-refractivity contribution >= 4 is 5.69 Å². The highest BCUT2D eigenvalue weighted by Gasteiger charge is 1.98. The van der Waals surface area contributed by atoms with Crippen molar-refractivity contribution in [2.75, 3.05) is 5.32 Å². The Morgan fingerprint density at radius 1 is 1.00 bits per heavy atom. The van der Waals surface area contributed by atoms with Gasteiger partial charge in [-0.2, -0.15) is 0 Å². The van der Waals surface area contributed by atoms with Gasteiger partial charge in [0.25, 0.3) is 0 Å². The first-order valence-corrected chi connectivity index (χ1v) is 5.93. The van der Waals surface area contributed by atoms with Crippen molar-refractivity contribution < 1.29 is 0 Å². The predicted octanol–water partition coefficient (Wildman–Crippen LogP) is 4.10. The summed E-state index contributed by atoms with van der Waals surface area (Å²) in [5.41, 5.74) is 2.66. The number of hydrogen-bond donors (Lipinski definition) is 1. The Kier molecular flexibility index (Phi) is 4.67. The van der Waals surface area contributed by atoms with Gasteiger partial charge in [-0.1, -0.05) is 26.0 Å². The molecule has 0 fully saturated rings. The number of rotatable bonds is 5. The van der Waals surface area contributed by atoms with E-state index < -0.39 is 0 Å². The lowest BCUT2D eigenvalue weighted by molar-refractivity contribution is 0.587. The summed E-state index contributed by atoms with van der Waals surface area (Å²) >= 11 is 0. The third-order valence-corrected chi connectivity index (χ3v) is 2.42. The van der Waals surface area contributed by atoms with Crippen LogP contribution in [-0.4, -0.2) is 6.04 Å². The molecule has 0 radical (unpaired) electrons. The van der Waals surface area contributed by atoms with Gasteiger partial charge in [-0.05, 0) is 50.3 Å². The van der Waals surface area contributed by atoms with Crippen LogP contribution in [0.3, 0.4) is 0 Å². The average Bonchev–Trinajstić information content (AvgIpc) is 2.16. The molecule has 84 valence electrons. The summed E-state index contributed by atoms with van der Waals surface area (Å²) < 4.78 is 0. The van der Waals surface area contributed by atoms with E-state index >= 15 is 0 Å². The van der Waals surface area contributed by atoms with Gasteiger partial charge in [0.15, 0.2) is 0 Å². The monoisotopic (exact) mass is 205 g/mol. The van der Waals surface area contributed by atoms with Gasteiger partial charge in [-0.3, -0.25) is 0 Å². The smallest absolute Gasteiger partial charge is 0.0342 e. The van der Waals surface area contributed by atoms with Crippen LogP contribution < -0.4 is 5.32 Å². The van der Waals surface area contributed by atoms with Crippen molar-refractivity contribution in [2.45, 2.75) is 46.6 Å². The zero-order valence-electron chi connectivity index (χ0n) is 10.4. The molecule has 0 amide bonds. The van der Waals surface area contributed by atoms with Crippen LogP contribution >= 0.6 is 0 Å². The van der Waals surface area contributed by atoms with Gasteiger partial charge >= 0.3 is 0 Å². The van der Waals surface area contributed by atoms with Gasteiger partial charge in [0.1, 0.15) is 0 Å². The van der Waals surface area contributed by atoms with E-state index in [9.17, 15) is 0 Å². The summed E-state index contributed by atoms with van der Waals surface area (Å²) in [6, 6.07) is 9.32. The van der Waals surface area contributed by atoms with Gasteiger partial charge < -0.3 is 5.32 Å². The molecule has 0 bridgehead atoms. The Morgan fingerprint density at radius 2 is 1.60 bits per heavy atom. The maximum Gasteiger partial charge on any atom is 0.0342 e. The van der Waals surface area contributed by atoms with Crippen molar-refractivity contribution in [1.82, 2.24) is 0 Å². The number of benzene rings is 1. The van der Waals surface area contributed by atoms with E-state index in [0.717, 1.165) is 5.92 Å². The van der Waals surface area contributed by atoms with E-state index in [4.69, 9.17) is 0 Å². The second-order valence-electron chi connectivity index (χ2n) is 4.93. The summed E-state index contributed by atoms with van der Waals surface area (Å²) in [5.74, 6) is 0.790. The maximum atomic E-state index is 3.40. The lowest BCUT2D eigenvalue weighted by Gasteiger charge is -2.10. The van der Waals surface area contributed by atoms with Crippen molar-refractivity contribution in [3.05, 3.63) is 29.8 Å². The predicted molar refractivity (Wildman–Crippen MR) is 68.4 cm³/mol. The van der Waals surface area contributed by atoms with Crippen LogP contribution in [0.5, 0.6) is 0 Å². The summed E-state index contributed by atoms with van der Waals surface area (Å²) in [6.45, 7) is 8.86. The number of anilines is 1. The largest absolute Gasteiger partial charge is 0.383 e. The molecule has 0 aliphatic rings. The first kappa shape index (κ1) is 12.1. The first-order chi connectivity index (χ1) is 7.08. The van der Waals surface area contributed by atoms with E-state index in [2.05, 4.69) is 57.3 Å². The molecule has 1 N–H and O–H groups in total. The van der Waals surface area contributed by atoms with E-state index in [0.29, 0.717) is 6.04 Å². The lowest BCUT2D eigenvalue weighted by Crippen LogP contribution is -2.09. The topological polar surface area (TPSA) is 12.0 Å². The molecule has 0 saturated carbocycles. The fourth-order valence-electron chi connectivity index (χ4n) is 1.56. The Morgan fingerprint density at radius 3 is 2.07 bits per heavy atom. The van der Waals surface area contributed by atoms with Crippen LogP contribution in [0.2, 0.25) is 0 Å². The van der Waals surface area contributed by atoms with Crippen LogP contribution in [0.4, 0.5) is 5.69 Å². The molecule has 0 atom stereocenters. The molecule has 0 unspecified atom stereocenters. The molecule has 1 heteroatoms. The zero-order chi connectivity index (χ0) is 11.3.